The lowest BCUT2D eigenvalue weighted by Gasteiger charge is -2.40. The predicted octanol–water partition coefficient (Wildman–Crippen LogP) is 1.33. The van der Waals surface area contributed by atoms with Gasteiger partial charge in [0.15, 0.2) is 5.96 Å². The van der Waals surface area contributed by atoms with Crippen molar-refractivity contribution in [3.8, 4) is 0 Å². The second-order valence-corrected chi connectivity index (χ2v) is 6.25. The van der Waals surface area contributed by atoms with Crippen LogP contribution in [0.4, 0.5) is 0 Å². The van der Waals surface area contributed by atoms with Crippen molar-refractivity contribution in [1.29, 1.82) is 0 Å². The van der Waals surface area contributed by atoms with Crippen molar-refractivity contribution in [3.63, 3.8) is 0 Å². The number of hydrogen-bond acceptors (Lipinski definition) is 3. The Bertz CT molecular complexity index is 315. The number of hydrogen-bond donors (Lipinski definition) is 3. The first-order chi connectivity index (χ1) is 10.3. The summed E-state index contributed by atoms with van der Waals surface area (Å²) in [7, 11) is 0. The third kappa shape index (κ3) is 5.47. The summed E-state index contributed by atoms with van der Waals surface area (Å²) in [4.78, 5) is 7.08. The maximum absolute atomic E-state index is 8.93. The Morgan fingerprint density at radius 1 is 1.19 bits per heavy atom. The third-order valence-electron chi connectivity index (χ3n) is 4.60. The molecular formula is C16H32N4O. The lowest BCUT2D eigenvalue weighted by molar-refractivity contribution is 0.115. The number of likely N-dealkylation sites (tertiary alicyclic amines) is 1. The maximum Gasteiger partial charge on any atom is 0.191 e. The Balaban J connectivity index is 1.84. The van der Waals surface area contributed by atoms with Crippen LogP contribution in [0.2, 0.25) is 0 Å². The van der Waals surface area contributed by atoms with E-state index in [0.717, 1.165) is 25.1 Å². The predicted molar refractivity (Wildman–Crippen MR) is 87.7 cm³/mol. The number of guanidine groups is 1. The minimum Gasteiger partial charge on any atom is -0.394 e. The summed E-state index contributed by atoms with van der Waals surface area (Å²) in [5.41, 5.74) is 0. The van der Waals surface area contributed by atoms with Crippen molar-refractivity contribution in [3.05, 3.63) is 0 Å². The number of piperidine rings is 1. The summed E-state index contributed by atoms with van der Waals surface area (Å²) in [5, 5.41) is 15.7. The number of rotatable bonds is 5. The molecule has 2 aliphatic rings. The van der Waals surface area contributed by atoms with Gasteiger partial charge in [0.05, 0.1) is 13.2 Å². The second kappa shape index (κ2) is 9.26. The second-order valence-electron chi connectivity index (χ2n) is 6.25. The summed E-state index contributed by atoms with van der Waals surface area (Å²) < 4.78 is 0. The lowest BCUT2D eigenvalue weighted by atomic mass is 9.92. The van der Waals surface area contributed by atoms with E-state index in [1.165, 1.54) is 51.5 Å². The van der Waals surface area contributed by atoms with E-state index in [9.17, 15) is 0 Å². The molecule has 1 saturated carbocycles. The molecule has 0 aromatic heterocycles. The van der Waals surface area contributed by atoms with Gasteiger partial charge in [-0.15, -0.1) is 0 Å². The van der Waals surface area contributed by atoms with E-state index in [2.05, 4.69) is 27.4 Å². The Morgan fingerprint density at radius 2 is 2.00 bits per heavy atom. The molecule has 1 aliphatic carbocycles. The van der Waals surface area contributed by atoms with Crippen LogP contribution >= 0.6 is 0 Å². The van der Waals surface area contributed by atoms with E-state index in [1.54, 1.807) is 0 Å². The first-order valence-corrected chi connectivity index (χ1v) is 8.73. The quantitative estimate of drug-likeness (QED) is 0.529. The van der Waals surface area contributed by atoms with Crippen molar-refractivity contribution >= 4 is 5.96 Å². The molecule has 3 N–H and O–H groups in total. The number of nitrogens with one attached hydrogen (secondary N) is 2. The van der Waals surface area contributed by atoms with Gasteiger partial charge in [-0.1, -0.05) is 19.3 Å². The van der Waals surface area contributed by atoms with Gasteiger partial charge in [-0.3, -0.25) is 9.89 Å². The number of aliphatic hydroxyl groups excluding tert-OH is 1. The van der Waals surface area contributed by atoms with Gasteiger partial charge < -0.3 is 15.7 Å². The fourth-order valence-electron chi connectivity index (χ4n) is 3.58. The SMILES string of the molecule is CCNC(=NCCO)NC1CCCN(C2CCCCC2)C1. The molecule has 21 heavy (non-hydrogen) atoms. The molecular weight excluding hydrogens is 264 g/mol. The molecule has 1 unspecified atom stereocenters. The normalized spacial score (nSPS) is 25.8. The van der Waals surface area contributed by atoms with Gasteiger partial charge in [-0.2, -0.15) is 0 Å². The molecule has 0 spiro atoms. The Morgan fingerprint density at radius 3 is 2.71 bits per heavy atom. The highest BCUT2D eigenvalue weighted by Crippen LogP contribution is 2.25. The molecule has 5 heteroatoms. The molecule has 1 aliphatic heterocycles. The number of aliphatic hydroxyl groups is 1. The molecule has 1 heterocycles. The largest absolute Gasteiger partial charge is 0.394 e. The van der Waals surface area contributed by atoms with E-state index in [-0.39, 0.29) is 6.61 Å². The first-order valence-electron chi connectivity index (χ1n) is 8.73. The average molecular weight is 296 g/mol. The van der Waals surface area contributed by atoms with E-state index in [0.29, 0.717) is 12.6 Å². The molecule has 2 fully saturated rings. The highest BCUT2D eigenvalue weighted by Gasteiger charge is 2.27. The summed E-state index contributed by atoms with van der Waals surface area (Å²) in [6.45, 7) is 5.90. The smallest absolute Gasteiger partial charge is 0.191 e. The fraction of sp³-hybridized carbons (Fsp3) is 0.938. The molecule has 0 bridgehead atoms. The first kappa shape index (κ1) is 16.6. The van der Waals surface area contributed by atoms with Crippen LogP contribution < -0.4 is 10.6 Å². The average Bonchev–Trinajstić information content (AvgIpc) is 2.54. The number of aliphatic imine (C=N–C) groups is 1. The van der Waals surface area contributed by atoms with Gasteiger partial charge in [0, 0.05) is 25.2 Å². The molecule has 5 nitrogen and oxygen atoms in total. The van der Waals surface area contributed by atoms with Crippen molar-refractivity contribution in [2.75, 3.05) is 32.8 Å². The van der Waals surface area contributed by atoms with Crippen LogP contribution in [0.25, 0.3) is 0 Å². The molecule has 2 rings (SSSR count). The highest BCUT2D eigenvalue weighted by molar-refractivity contribution is 5.80. The summed E-state index contributed by atoms with van der Waals surface area (Å²) >= 11 is 0. The van der Waals surface area contributed by atoms with Crippen LogP contribution in [0.5, 0.6) is 0 Å². The van der Waals surface area contributed by atoms with Crippen LogP contribution in [0.15, 0.2) is 4.99 Å². The van der Waals surface area contributed by atoms with Gasteiger partial charge in [0.1, 0.15) is 0 Å². The molecule has 0 aromatic rings. The lowest BCUT2D eigenvalue weighted by Crippen LogP contribution is -2.53. The van der Waals surface area contributed by atoms with Crippen LogP contribution in [-0.4, -0.2) is 60.8 Å². The van der Waals surface area contributed by atoms with Gasteiger partial charge in [0.25, 0.3) is 0 Å². The minimum absolute atomic E-state index is 0.107. The van der Waals surface area contributed by atoms with E-state index in [1.807, 2.05) is 0 Å². The van der Waals surface area contributed by atoms with E-state index >= 15 is 0 Å². The Hall–Kier alpha value is -0.810. The van der Waals surface area contributed by atoms with Crippen LogP contribution in [0.1, 0.15) is 51.9 Å². The van der Waals surface area contributed by atoms with E-state index < -0.39 is 0 Å². The summed E-state index contributed by atoms with van der Waals surface area (Å²) in [6.07, 6.45) is 9.47. The Labute approximate surface area is 129 Å². The maximum atomic E-state index is 8.93. The van der Waals surface area contributed by atoms with Crippen molar-refractivity contribution in [1.82, 2.24) is 15.5 Å². The zero-order valence-electron chi connectivity index (χ0n) is 13.5. The monoisotopic (exact) mass is 296 g/mol. The fourth-order valence-corrected chi connectivity index (χ4v) is 3.58. The van der Waals surface area contributed by atoms with Crippen LogP contribution in [0.3, 0.4) is 0 Å². The highest BCUT2D eigenvalue weighted by atomic mass is 16.3. The molecule has 1 atom stereocenters. The molecule has 1 saturated heterocycles. The van der Waals surface area contributed by atoms with Crippen molar-refractivity contribution in [2.24, 2.45) is 4.99 Å². The third-order valence-corrected chi connectivity index (χ3v) is 4.60. The van der Waals surface area contributed by atoms with Gasteiger partial charge in [0.2, 0.25) is 0 Å². The molecule has 0 amide bonds. The van der Waals surface area contributed by atoms with Gasteiger partial charge >= 0.3 is 0 Å². The standard InChI is InChI=1S/C16H32N4O/c1-2-17-16(18-10-12-21)19-14-7-6-11-20(13-14)15-8-4-3-5-9-15/h14-15,21H,2-13H2,1H3,(H2,17,18,19). The topological polar surface area (TPSA) is 59.9 Å². The van der Waals surface area contributed by atoms with Crippen LogP contribution in [0, 0.1) is 0 Å². The zero-order valence-corrected chi connectivity index (χ0v) is 13.5. The molecule has 0 radical (unpaired) electrons. The summed E-state index contributed by atoms with van der Waals surface area (Å²) in [5.74, 6) is 0.849. The van der Waals surface area contributed by atoms with Gasteiger partial charge in [-0.25, -0.2) is 0 Å². The van der Waals surface area contributed by atoms with E-state index in [4.69, 9.17) is 5.11 Å². The van der Waals surface area contributed by atoms with Crippen molar-refractivity contribution < 1.29 is 5.11 Å². The van der Waals surface area contributed by atoms with Gasteiger partial charge in [-0.05, 0) is 39.2 Å². The molecule has 122 valence electrons. The minimum atomic E-state index is 0.107. The molecule has 0 aromatic carbocycles. The summed E-state index contributed by atoms with van der Waals surface area (Å²) in [6, 6.07) is 1.29. The number of nitrogens with zero attached hydrogens (tertiary/aromatic N) is 2. The van der Waals surface area contributed by atoms with Crippen LogP contribution in [-0.2, 0) is 0 Å². The van der Waals surface area contributed by atoms with Crippen molar-refractivity contribution in [2.45, 2.75) is 64.0 Å². The Kier molecular flexibility index (Phi) is 7.30. The zero-order chi connectivity index (χ0) is 14.9.